The van der Waals surface area contributed by atoms with Crippen molar-refractivity contribution in [1.82, 2.24) is 9.88 Å². The first-order valence-electron chi connectivity index (χ1n) is 8.87. The molecule has 7 heteroatoms. The fraction of sp³-hybridized carbons (Fsp3) is 0.350. The largest absolute Gasteiger partial charge is 0.445 e. The molecule has 1 saturated heterocycles. The van der Waals surface area contributed by atoms with E-state index in [9.17, 15) is 9.59 Å². The fourth-order valence-corrected chi connectivity index (χ4v) is 3.55. The van der Waals surface area contributed by atoms with Crippen molar-refractivity contribution in [2.75, 3.05) is 11.9 Å². The molecule has 0 radical (unpaired) electrons. The van der Waals surface area contributed by atoms with Crippen molar-refractivity contribution in [3.63, 3.8) is 0 Å². The predicted octanol–water partition coefficient (Wildman–Crippen LogP) is 4.20. The van der Waals surface area contributed by atoms with Crippen LogP contribution in [0.3, 0.4) is 0 Å². The Bertz CT molecular complexity index is 842. The molecule has 2 heterocycles. The molecule has 0 saturated carbocycles. The second kappa shape index (κ2) is 8.52. The van der Waals surface area contributed by atoms with E-state index in [0.717, 1.165) is 27.7 Å². The number of pyridine rings is 1. The van der Waals surface area contributed by atoms with Crippen molar-refractivity contribution in [2.45, 2.75) is 39.3 Å². The predicted molar refractivity (Wildman–Crippen MR) is 106 cm³/mol. The minimum absolute atomic E-state index is 0.189. The topological polar surface area (TPSA) is 71.5 Å². The number of amides is 2. The minimum Gasteiger partial charge on any atom is -0.445 e. The summed E-state index contributed by atoms with van der Waals surface area (Å²) in [6.45, 7) is 4.54. The molecule has 2 amide bonds. The summed E-state index contributed by atoms with van der Waals surface area (Å²) in [5.41, 5.74) is 2.79. The lowest BCUT2D eigenvalue weighted by Gasteiger charge is -2.23. The summed E-state index contributed by atoms with van der Waals surface area (Å²) >= 11 is 3.43. The van der Waals surface area contributed by atoms with E-state index < -0.39 is 12.1 Å². The average molecular weight is 432 g/mol. The number of halogens is 1. The molecule has 2 aromatic rings. The van der Waals surface area contributed by atoms with E-state index in [-0.39, 0.29) is 12.5 Å². The minimum atomic E-state index is -0.552. The van der Waals surface area contributed by atoms with Crippen molar-refractivity contribution in [1.29, 1.82) is 0 Å². The summed E-state index contributed by atoms with van der Waals surface area (Å²) in [6, 6.07) is 10.8. The zero-order chi connectivity index (χ0) is 19.4. The molecule has 1 aromatic heterocycles. The number of carbonyl (C=O) groups is 2. The first-order chi connectivity index (χ1) is 13.0. The lowest BCUT2D eigenvalue weighted by atomic mass is 10.2. The highest BCUT2D eigenvalue weighted by molar-refractivity contribution is 9.10. The molecule has 1 atom stereocenters. The number of hydrogen-bond donors (Lipinski definition) is 1. The van der Waals surface area contributed by atoms with E-state index >= 15 is 0 Å². The number of aromatic nitrogens is 1. The third-order valence-corrected chi connectivity index (χ3v) is 5.26. The maximum Gasteiger partial charge on any atom is 0.410 e. The third kappa shape index (κ3) is 4.66. The Morgan fingerprint density at radius 3 is 2.78 bits per heavy atom. The highest BCUT2D eigenvalue weighted by Crippen LogP contribution is 2.25. The van der Waals surface area contributed by atoms with Crippen LogP contribution in [0.5, 0.6) is 0 Å². The number of rotatable bonds is 4. The zero-order valence-electron chi connectivity index (χ0n) is 15.4. The number of anilines is 1. The number of hydrogen-bond acceptors (Lipinski definition) is 4. The first-order valence-corrected chi connectivity index (χ1v) is 9.67. The maximum absolute atomic E-state index is 12.7. The zero-order valence-corrected chi connectivity index (χ0v) is 17.0. The molecule has 1 aromatic carbocycles. The monoisotopic (exact) mass is 431 g/mol. The van der Waals surface area contributed by atoms with Crippen LogP contribution in [0.2, 0.25) is 0 Å². The van der Waals surface area contributed by atoms with Crippen LogP contribution in [0.1, 0.15) is 29.7 Å². The fourth-order valence-electron chi connectivity index (χ4n) is 3.02. The summed E-state index contributed by atoms with van der Waals surface area (Å²) < 4.78 is 6.10. The third-order valence-electron chi connectivity index (χ3n) is 4.66. The highest BCUT2D eigenvalue weighted by Gasteiger charge is 2.35. The smallest absolute Gasteiger partial charge is 0.410 e. The van der Waals surface area contributed by atoms with Gasteiger partial charge in [0.15, 0.2) is 0 Å². The standard InChI is InChI=1S/C20H22BrN3O3/c1-13-11-16(21)18(22-14(13)2)23-19(25)17-9-6-10-24(17)20(26)27-12-15-7-4-3-5-8-15/h3-5,7-8,11,17H,6,9-10,12H2,1-2H3,(H,22,23,25)/t17-/m1/s1. The van der Waals surface area contributed by atoms with E-state index in [4.69, 9.17) is 4.74 Å². The number of likely N-dealkylation sites (tertiary alicyclic amines) is 1. The molecule has 1 aliphatic rings. The van der Waals surface area contributed by atoms with E-state index in [0.29, 0.717) is 18.8 Å². The molecule has 0 spiro atoms. The molecule has 1 N–H and O–H groups in total. The van der Waals surface area contributed by atoms with Crippen LogP contribution in [-0.4, -0.2) is 34.5 Å². The van der Waals surface area contributed by atoms with Gasteiger partial charge in [0.1, 0.15) is 18.5 Å². The molecular weight excluding hydrogens is 410 g/mol. The molecule has 27 heavy (non-hydrogen) atoms. The highest BCUT2D eigenvalue weighted by atomic mass is 79.9. The van der Waals surface area contributed by atoms with Crippen molar-refractivity contribution in [3.8, 4) is 0 Å². The van der Waals surface area contributed by atoms with Crippen molar-refractivity contribution in [3.05, 3.63) is 57.7 Å². The molecule has 0 bridgehead atoms. The number of aryl methyl sites for hydroxylation is 2. The second-order valence-corrected chi connectivity index (χ2v) is 7.46. The van der Waals surface area contributed by atoms with Crippen LogP contribution in [0.25, 0.3) is 0 Å². The molecule has 1 aliphatic heterocycles. The number of nitrogens with zero attached hydrogens (tertiary/aromatic N) is 2. The number of ether oxygens (including phenoxy) is 1. The van der Waals surface area contributed by atoms with E-state index in [2.05, 4.69) is 26.2 Å². The SMILES string of the molecule is Cc1cc(Br)c(NC(=O)[C@H]2CCCN2C(=O)OCc2ccccc2)nc1C. The van der Waals surface area contributed by atoms with Gasteiger partial charge in [-0.3, -0.25) is 9.69 Å². The van der Waals surface area contributed by atoms with Gasteiger partial charge in [0.25, 0.3) is 0 Å². The molecule has 3 rings (SSSR count). The van der Waals surface area contributed by atoms with E-state index in [1.165, 1.54) is 4.90 Å². The quantitative estimate of drug-likeness (QED) is 0.786. The van der Waals surface area contributed by atoms with Crippen LogP contribution in [0.15, 0.2) is 40.9 Å². The van der Waals surface area contributed by atoms with Crippen LogP contribution in [0, 0.1) is 13.8 Å². The maximum atomic E-state index is 12.7. The van der Waals surface area contributed by atoms with Gasteiger partial charge in [-0.15, -0.1) is 0 Å². The molecule has 142 valence electrons. The van der Waals surface area contributed by atoms with Crippen LogP contribution >= 0.6 is 15.9 Å². The summed E-state index contributed by atoms with van der Waals surface area (Å²) in [5.74, 6) is 0.216. The van der Waals surface area contributed by atoms with Crippen LogP contribution < -0.4 is 5.32 Å². The molecule has 6 nitrogen and oxygen atoms in total. The lowest BCUT2D eigenvalue weighted by molar-refractivity contribution is -0.120. The van der Waals surface area contributed by atoms with Crippen molar-refractivity contribution in [2.24, 2.45) is 0 Å². The lowest BCUT2D eigenvalue weighted by Crippen LogP contribution is -2.43. The summed E-state index contributed by atoms with van der Waals surface area (Å²) in [6.07, 6.45) is 0.901. The van der Waals surface area contributed by atoms with E-state index in [1.54, 1.807) is 0 Å². The van der Waals surface area contributed by atoms with Gasteiger partial charge in [-0.2, -0.15) is 0 Å². The summed E-state index contributed by atoms with van der Waals surface area (Å²) in [5, 5.41) is 2.83. The molecule has 1 fully saturated rings. The van der Waals surface area contributed by atoms with Gasteiger partial charge in [-0.1, -0.05) is 30.3 Å². The van der Waals surface area contributed by atoms with Gasteiger partial charge in [0, 0.05) is 12.2 Å². The molecular formula is C20H22BrN3O3. The molecule has 0 unspecified atom stereocenters. The van der Waals surface area contributed by atoms with Gasteiger partial charge in [-0.25, -0.2) is 9.78 Å². The Balaban J connectivity index is 1.64. The Hall–Kier alpha value is -2.41. The van der Waals surface area contributed by atoms with Crippen molar-refractivity contribution >= 4 is 33.7 Å². The van der Waals surface area contributed by atoms with Gasteiger partial charge in [-0.05, 0) is 59.8 Å². The summed E-state index contributed by atoms with van der Waals surface area (Å²) in [7, 11) is 0. The van der Waals surface area contributed by atoms with Gasteiger partial charge in [0.05, 0.1) is 4.47 Å². The van der Waals surface area contributed by atoms with E-state index in [1.807, 2.05) is 50.2 Å². The van der Waals surface area contributed by atoms with Crippen LogP contribution in [0.4, 0.5) is 10.6 Å². The number of carbonyl (C=O) groups excluding carboxylic acids is 2. The molecule has 0 aliphatic carbocycles. The van der Waals surface area contributed by atoms with Gasteiger partial charge in [0.2, 0.25) is 5.91 Å². The summed E-state index contributed by atoms with van der Waals surface area (Å²) in [4.78, 5) is 31.1. The second-order valence-electron chi connectivity index (χ2n) is 6.60. The number of benzene rings is 1. The van der Waals surface area contributed by atoms with Gasteiger partial charge >= 0.3 is 6.09 Å². The Morgan fingerprint density at radius 2 is 2.04 bits per heavy atom. The average Bonchev–Trinajstić information content (AvgIpc) is 3.15. The van der Waals surface area contributed by atoms with Gasteiger partial charge < -0.3 is 10.1 Å². The Kier molecular flexibility index (Phi) is 6.11. The first kappa shape index (κ1) is 19.4. The Morgan fingerprint density at radius 1 is 1.30 bits per heavy atom. The number of nitrogens with one attached hydrogen (secondary N) is 1. The van der Waals surface area contributed by atoms with Crippen molar-refractivity contribution < 1.29 is 14.3 Å². The van der Waals surface area contributed by atoms with Crippen LogP contribution in [-0.2, 0) is 16.1 Å². The normalized spacial score (nSPS) is 16.3. The Labute approximate surface area is 167 Å².